The number of ether oxygens (including phenoxy) is 1. The van der Waals surface area contributed by atoms with E-state index >= 15 is 0 Å². The summed E-state index contributed by atoms with van der Waals surface area (Å²) in [6.45, 7) is -0.258. The van der Waals surface area contributed by atoms with E-state index in [0.29, 0.717) is 0 Å². The second-order valence-electron chi connectivity index (χ2n) is 7.63. The molecule has 0 saturated carbocycles. The number of halogens is 2. The van der Waals surface area contributed by atoms with Crippen molar-refractivity contribution in [2.75, 3.05) is 14.2 Å². The van der Waals surface area contributed by atoms with E-state index in [1.807, 2.05) is 0 Å². The first-order valence-corrected chi connectivity index (χ1v) is 11.7. The summed E-state index contributed by atoms with van der Waals surface area (Å²) in [6, 6.07) is 13.0. The van der Waals surface area contributed by atoms with Crippen molar-refractivity contribution < 1.29 is 32.1 Å². The van der Waals surface area contributed by atoms with Gasteiger partial charge in [-0.3, -0.25) is 0 Å². The molecule has 0 saturated heterocycles. The fourth-order valence-corrected chi connectivity index (χ4v) is 4.89. The van der Waals surface area contributed by atoms with Crippen molar-refractivity contribution in [1.82, 2.24) is 14.1 Å². The minimum atomic E-state index is -4.33. The Balaban J connectivity index is 1.77. The number of nitrogens with zero attached hydrogens (tertiary/aromatic N) is 3. The van der Waals surface area contributed by atoms with Crippen LogP contribution in [0, 0.1) is 11.6 Å². The van der Waals surface area contributed by atoms with Gasteiger partial charge in [0.05, 0.1) is 19.0 Å². The second-order valence-corrected chi connectivity index (χ2v) is 9.65. The van der Waals surface area contributed by atoms with Crippen LogP contribution >= 0.6 is 0 Å². The number of para-hydroxylation sites is 1. The Labute approximate surface area is 200 Å². The number of hydrogen-bond acceptors (Lipinski definition) is 6. The molecule has 1 heterocycles. The van der Waals surface area contributed by atoms with Gasteiger partial charge in [-0.1, -0.05) is 12.1 Å². The van der Waals surface area contributed by atoms with Crippen LogP contribution in [0.4, 0.5) is 8.78 Å². The number of benzene rings is 3. The lowest BCUT2D eigenvalue weighted by molar-refractivity contribution is 0.395. The summed E-state index contributed by atoms with van der Waals surface area (Å²) in [4.78, 5) is -0.510. The van der Waals surface area contributed by atoms with E-state index in [0.717, 1.165) is 22.5 Å². The molecule has 8 nitrogen and oxygen atoms in total. The van der Waals surface area contributed by atoms with E-state index in [9.17, 15) is 27.4 Å². The van der Waals surface area contributed by atoms with Gasteiger partial charge in [-0.2, -0.15) is 9.40 Å². The first-order valence-electron chi connectivity index (χ1n) is 10.3. The Kier molecular flexibility index (Phi) is 6.46. The summed E-state index contributed by atoms with van der Waals surface area (Å²) in [5, 5.41) is 25.0. The predicted molar refractivity (Wildman–Crippen MR) is 124 cm³/mol. The fourth-order valence-electron chi connectivity index (χ4n) is 3.66. The van der Waals surface area contributed by atoms with Crippen molar-refractivity contribution in [3.8, 4) is 34.2 Å². The molecule has 0 bridgehead atoms. The van der Waals surface area contributed by atoms with Gasteiger partial charge in [0.25, 0.3) is 0 Å². The van der Waals surface area contributed by atoms with Gasteiger partial charge < -0.3 is 14.9 Å². The van der Waals surface area contributed by atoms with E-state index in [-0.39, 0.29) is 34.8 Å². The van der Waals surface area contributed by atoms with Crippen LogP contribution in [-0.2, 0) is 16.6 Å². The van der Waals surface area contributed by atoms with Crippen molar-refractivity contribution in [3.05, 3.63) is 84.1 Å². The van der Waals surface area contributed by atoms with Gasteiger partial charge in [-0.25, -0.2) is 21.9 Å². The van der Waals surface area contributed by atoms with E-state index in [2.05, 4.69) is 5.10 Å². The molecule has 0 aliphatic rings. The minimum absolute atomic E-state index is 0.00105. The van der Waals surface area contributed by atoms with Gasteiger partial charge in [0.2, 0.25) is 10.0 Å². The normalized spacial score (nSPS) is 11.7. The molecule has 4 aromatic rings. The summed E-state index contributed by atoms with van der Waals surface area (Å²) in [7, 11) is -1.69. The number of aromatic hydroxyl groups is 2. The topological polar surface area (TPSA) is 105 Å². The molecule has 11 heteroatoms. The molecule has 4 rings (SSSR count). The van der Waals surface area contributed by atoms with Crippen LogP contribution in [0.1, 0.15) is 5.56 Å². The van der Waals surface area contributed by atoms with Crippen molar-refractivity contribution in [2.45, 2.75) is 11.4 Å². The molecule has 0 aliphatic heterocycles. The zero-order chi connectivity index (χ0) is 25.3. The molecule has 182 valence electrons. The van der Waals surface area contributed by atoms with Gasteiger partial charge in [0.15, 0.2) is 0 Å². The van der Waals surface area contributed by atoms with E-state index < -0.39 is 38.1 Å². The number of phenols is 2. The number of rotatable bonds is 7. The molecule has 1 aromatic heterocycles. The number of sulfonamides is 1. The smallest absolute Gasteiger partial charge is 0.246 e. The van der Waals surface area contributed by atoms with Crippen LogP contribution in [0.25, 0.3) is 16.9 Å². The molecule has 0 spiro atoms. The maximum Gasteiger partial charge on any atom is 0.246 e. The average molecular weight is 502 g/mol. The number of methoxy groups -OCH3 is 1. The Morgan fingerprint density at radius 3 is 2.49 bits per heavy atom. The van der Waals surface area contributed by atoms with Crippen molar-refractivity contribution in [2.24, 2.45) is 0 Å². The first-order chi connectivity index (χ1) is 16.6. The fraction of sp³-hybridized carbons (Fsp3) is 0.125. The molecule has 0 amide bonds. The molecule has 0 aliphatic carbocycles. The van der Waals surface area contributed by atoms with Gasteiger partial charge in [-0.05, 0) is 42.5 Å². The Morgan fingerprint density at radius 1 is 1.03 bits per heavy atom. The largest absolute Gasteiger partial charge is 0.507 e. The van der Waals surface area contributed by atoms with Crippen LogP contribution in [0.15, 0.2) is 71.8 Å². The SMILES string of the molecule is COc1ccc(F)cc1CN(C)S(=O)(=O)c1cc(-c2ccnn2-c2ccccc2F)c(O)cc1O. The molecular formula is C24H21F2N3O5S. The first kappa shape index (κ1) is 24.2. The van der Waals surface area contributed by atoms with E-state index in [1.165, 1.54) is 61.4 Å². The second kappa shape index (κ2) is 9.35. The van der Waals surface area contributed by atoms with E-state index in [1.54, 1.807) is 6.07 Å². The maximum absolute atomic E-state index is 14.4. The lowest BCUT2D eigenvalue weighted by atomic mass is 10.1. The highest BCUT2D eigenvalue weighted by Crippen LogP contribution is 2.39. The minimum Gasteiger partial charge on any atom is -0.507 e. The lowest BCUT2D eigenvalue weighted by Gasteiger charge is -2.20. The Bertz CT molecular complexity index is 1510. The Morgan fingerprint density at radius 2 is 1.77 bits per heavy atom. The zero-order valence-corrected chi connectivity index (χ0v) is 19.5. The summed E-state index contributed by atoms with van der Waals surface area (Å²) < 4.78 is 62.1. The van der Waals surface area contributed by atoms with Crippen molar-refractivity contribution in [1.29, 1.82) is 0 Å². The van der Waals surface area contributed by atoms with Crippen LogP contribution in [-0.4, -0.2) is 46.9 Å². The quantitative estimate of drug-likeness (QED) is 0.396. The summed E-state index contributed by atoms with van der Waals surface area (Å²) in [5.41, 5.74) is 0.548. The predicted octanol–water partition coefficient (Wildman–Crippen LogP) is 4.06. The number of hydrogen-bond donors (Lipinski definition) is 2. The summed E-state index contributed by atoms with van der Waals surface area (Å²) in [5.74, 6) is -1.98. The van der Waals surface area contributed by atoms with Crippen LogP contribution in [0.5, 0.6) is 17.2 Å². The summed E-state index contributed by atoms with van der Waals surface area (Å²) >= 11 is 0. The maximum atomic E-state index is 14.4. The summed E-state index contributed by atoms with van der Waals surface area (Å²) in [6.07, 6.45) is 1.37. The van der Waals surface area contributed by atoms with Crippen molar-refractivity contribution >= 4 is 10.0 Å². The molecule has 0 atom stereocenters. The lowest BCUT2D eigenvalue weighted by Crippen LogP contribution is -2.27. The highest BCUT2D eigenvalue weighted by Gasteiger charge is 2.28. The Hall–Kier alpha value is -3.96. The molecular weight excluding hydrogens is 480 g/mol. The third-order valence-corrected chi connectivity index (χ3v) is 7.23. The van der Waals surface area contributed by atoms with Crippen LogP contribution < -0.4 is 4.74 Å². The third-order valence-electron chi connectivity index (χ3n) is 5.40. The molecule has 3 aromatic carbocycles. The highest BCUT2D eigenvalue weighted by molar-refractivity contribution is 7.89. The molecule has 35 heavy (non-hydrogen) atoms. The van der Waals surface area contributed by atoms with Gasteiger partial charge in [0.1, 0.15) is 39.5 Å². The monoisotopic (exact) mass is 501 g/mol. The zero-order valence-electron chi connectivity index (χ0n) is 18.7. The van der Waals surface area contributed by atoms with Gasteiger partial charge in [-0.15, -0.1) is 0 Å². The van der Waals surface area contributed by atoms with Crippen molar-refractivity contribution in [3.63, 3.8) is 0 Å². The molecule has 2 N–H and O–H groups in total. The average Bonchev–Trinajstić information content (AvgIpc) is 3.28. The standard InChI is InChI=1S/C24H21F2N3O5S/c1-28(14-15-11-16(25)7-8-23(15)34-2)35(32,33)24-12-17(21(30)13-22(24)31)19-9-10-27-29(19)20-6-4-3-5-18(20)26/h3-13,30-31H,14H2,1-2H3. The van der Waals surface area contributed by atoms with Crippen LogP contribution in [0.2, 0.25) is 0 Å². The van der Waals surface area contributed by atoms with Gasteiger partial charge in [0, 0.05) is 30.8 Å². The number of aromatic nitrogens is 2. The highest BCUT2D eigenvalue weighted by atomic mass is 32.2. The van der Waals surface area contributed by atoms with E-state index in [4.69, 9.17) is 4.74 Å². The number of phenolic OH excluding ortho intramolecular Hbond substituents is 2. The van der Waals surface area contributed by atoms with Gasteiger partial charge >= 0.3 is 0 Å². The third kappa shape index (κ3) is 4.55. The molecule has 0 unspecified atom stereocenters. The molecule has 0 fully saturated rings. The van der Waals surface area contributed by atoms with Crippen LogP contribution in [0.3, 0.4) is 0 Å². The molecule has 0 radical (unpaired) electrons.